The van der Waals surface area contributed by atoms with Gasteiger partial charge in [0.2, 0.25) is 0 Å². The van der Waals surface area contributed by atoms with Crippen LogP contribution >= 0.6 is 11.6 Å². The van der Waals surface area contributed by atoms with Gasteiger partial charge in [-0.1, -0.05) is 29.8 Å². The Balaban J connectivity index is 2.11. The third-order valence-corrected chi connectivity index (χ3v) is 7.13. The van der Waals surface area contributed by atoms with E-state index in [2.05, 4.69) is 5.32 Å². The number of carbonyl (C=O) groups is 2. The molecule has 2 aromatic carbocycles. The molecular formula is C33H44ClNO7. The highest BCUT2D eigenvalue weighted by molar-refractivity contribution is 6.30. The van der Waals surface area contributed by atoms with Crippen LogP contribution in [0.1, 0.15) is 71.9 Å². The molecule has 0 saturated carbocycles. The molecule has 2 aromatic rings. The van der Waals surface area contributed by atoms with Crippen molar-refractivity contribution in [3.05, 3.63) is 69.9 Å². The zero-order valence-electron chi connectivity index (χ0n) is 26.1. The highest BCUT2D eigenvalue weighted by atomic mass is 35.5. The van der Waals surface area contributed by atoms with Crippen molar-refractivity contribution in [2.45, 2.75) is 84.0 Å². The van der Waals surface area contributed by atoms with Gasteiger partial charge in [-0.05, 0) is 90.3 Å². The van der Waals surface area contributed by atoms with Gasteiger partial charge in [0.1, 0.15) is 11.2 Å². The third-order valence-electron chi connectivity index (χ3n) is 6.88. The van der Waals surface area contributed by atoms with Crippen LogP contribution in [0.2, 0.25) is 5.02 Å². The second-order valence-electron chi connectivity index (χ2n) is 12.8. The summed E-state index contributed by atoms with van der Waals surface area (Å²) >= 11 is 6.20. The summed E-state index contributed by atoms with van der Waals surface area (Å²) in [6.07, 6.45) is 0.607. The van der Waals surface area contributed by atoms with Crippen molar-refractivity contribution < 1.29 is 33.6 Å². The van der Waals surface area contributed by atoms with Gasteiger partial charge in [0.15, 0.2) is 11.5 Å². The quantitative estimate of drug-likeness (QED) is 0.338. The third kappa shape index (κ3) is 8.42. The molecule has 0 radical (unpaired) electrons. The average molecular weight is 602 g/mol. The van der Waals surface area contributed by atoms with E-state index >= 15 is 0 Å². The van der Waals surface area contributed by atoms with Gasteiger partial charge in [-0.2, -0.15) is 0 Å². The summed E-state index contributed by atoms with van der Waals surface area (Å²) in [5, 5.41) is 15.8. The molecule has 8 nitrogen and oxygen atoms in total. The standard InChI is InChI=1S/C33H44ClNO7/c1-31(2,3)41-29(36)27-23(35-17-16-20-10-15-24(39-8)25(18-20)40-9)19-33(7,38)28(30(37)42-32(4,5)6)26(27)21-11-13-22(34)14-12-21/h10-15,18,26,28,35,38H,16-17,19H2,1-9H3/t26-,28-,33+/m1/s1. The minimum atomic E-state index is -1.55. The zero-order chi connectivity index (χ0) is 31.5. The summed E-state index contributed by atoms with van der Waals surface area (Å²) in [5.74, 6) is -1.87. The summed E-state index contributed by atoms with van der Waals surface area (Å²) in [5.41, 5.74) is -0.731. The van der Waals surface area contributed by atoms with Crippen molar-refractivity contribution in [1.82, 2.24) is 5.32 Å². The molecule has 3 rings (SSSR count). The van der Waals surface area contributed by atoms with Gasteiger partial charge in [0.25, 0.3) is 0 Å². The van der Waals surface area contributed by atoms with Gasteiger partial charge in [0.05, 0.1) is 31.3 Å². The van der Waals surface area contributed by atoms with Crippen LogP contribution in [0.4, 0.5) is 0 Å². The molecule has 42 heavy (non-hydrogen) atoms. The molecule has 0 fully saturated rings. The minimum Gasteiger partial charge on any atom is -0.493 e. The molecule has 0 spiro atoms. The van der Waals surface area contributed by atoms with Crippen molar-refractivity contribution in [3.63, 3.8) is 0 Å². The molecular weight excluding hydrogens is 558 g/mol. The molecule has 230 valence electrons. The van der Waals surface area contributed by atoms with Crippen LogP contribution < -0.4 is 14.8 Å². The van der Waals surface area contributed by atoms with E-state index in [1.165, 1.54) is 0 Å². The SMILES string of the molecule is COc1ccc(CCNC2=C(C(=O)OC(C)(C)C)[C@@H](c3ccc(Cl)cc3)[C@H](C(=O)OC(C)(C)C)[C@@](C)(O)C2)cc1OC. The van der Waals surface area contributed by atoms with Crippen LogP contribution in [-0.2, 0) is 25.5 Å². The Labute approximate surface area is 254 Å². The van der Waals surface area contributed by atoms with Crippen LogP contribution in [0.5, 0.6) is 11.5 Å². The van der Waals surface area contributed by atoms with E-state index in [-0.39, 0.29) is 12.0 Å². The second-order valence-corrected chi connectivity index (χ2v) is 13.3. The van der Waals surface area contributed by atoms with Crippen LogP contribution in [0.3, 0.4) is 0 Å². The Morgan fingerprint density at radius 2 is 1.55 bits per heavy atom. The molecule has 0 bridgehead atoms. The number of rotatable bonds is 9. The summed E-state index contributed by atoms with van der Waals surface area (Å²) in [6, 6.07) is 12.6. The van der Waals surface area contributed by atoms with Gasteiger partial charge >= 0.3 is 11.9 Å². The predicted molar refractivity (Wildman–Crippen MR) is 163 cm³/mol. The highest BCUT2D eigenvalue weighted by Crippen LogP contribution is 2.48. The molecule has 0 aliphatic heterocycles. The van der Waals surface area contributed by atoms with Gasteiger partial charge in [-0.3, -0.25) is 4.79 Å². The van der Waals surface area contributed by atoms with Crippen molar-refractivity contribution in [3.8, 4) is 11.5 Å². The van der Waals surface area contributed by atoms with E-state index < -0.39 is 40.6 Å². The summed E-state index contributed by atoms with van der Waals surface area (Å²) in [7, 11) is 3.17. The average Bonchev–Trinajstić information content (AvgIpc) is 2.85. The first-order chi connectivity index (χ1) is 19.5. The van der Waals surface area contributed by atoms with E-state index in [1.807, 2.05) is 18.2 Å². The molecule has 0 saturated heterocycles. The number of aliphatic hydroxyl groups is 1. The van der Waals surface area contributed by atoms with E-state index in [0.717, 1.165) is 5.56 Å². The van der Waals surface area contributed by atoms with Crippen molar-refractivity contribution in [2.24, 2.45) is 5.92 Å². The first kappa shape index (κ1) is 33.3. The van der Waals surface area contributed by atoms with Gasteiger partial charge in [-0.25, -0.2) is 4.79 Å². The molecule has 3 atom stereocenters. The minimum absolute atomic E-state index is 0.0154. The second kappa shape index (κ2) is 13.0. The largest absolute Gasteiger partial charge is 0.493 e. The lowest BCUT2D eigenvalue weighted by atomic mass is 9.65. The van der Waals surface area contributed by atoms with Crippen molar-refractivity contribution >= 4 is 23.5 Å². The van der Waals surface area contributed by atoms with E-state index in [4.69, 9.17) is 30.5 Å². The number of carbonyl (C=O) groups excluding carboxylic acids is 2. The maximum Gasteiger partial charge on any atom is 0.336 e. The predicted octanol–water partition coefficient (Wildman–Crippen LogP) is 5.98. The molecule has 2 N–H and O–H groups in total. The number of nitrogens with one attached hydrogen (secondary N) is 1. The number of ether oxygens (including phenoxy) is 4. The Kier molecular flexibility index (Phi) is 10.3. The summed E-state index contributed by atoms with van der Waals surface area (Å²) in [4.78, 5) is 27.6. The fourth-order valence-electron chi connectivity index (χ4n) is 5.20. The summed E-state index contributed by atoms with van der Waals surface area (Å²) in [6.45, 7) is 12.7. The number of esters is 2. The molecule has 9 heteroatoms. The fraction of sp³-hybridized carbons (Fsp3) is 0.515. The molecule has 0 unspecified atom stereocenters. The van der Waals surface area contributed by atoms with Crippen molar-refractivity contribution in [2.75, 3.05) is 20.8 Å². The van der Waals surface area contributed by atoms with E-state index in [9.17, 15) is 14.7 Å². The summed E-state index contributed by atoms with van der Waals surface area (Å²) < 4.78 is 22.4. The molecule has 0 aromatic heterocycles. The molecule has 0 amide bonds. The topological polar surface area (TPSA) is 103 Å². The first-order valence-corrected chi connectivity index (χ1v) is 14.5. The number of halogens is 1. The number of hydrogen-bond acceptors (Lipinski definition) is 8. The van der Waals surface area contributed by atoms with Crippen LogP contribution in [-0.4, -0.2) is 54.6 Å². The molecule has 0 heterocycles. The van der Waals surface area contributed by atoms with Gasteiger partial charge < -0.3 is 29.4 Å². The Bertz CT molecular complexity index is 1300. The first-order valence-electron chi connectivity index (χ1n) is 14.1. The lowest BCUT2D eigenvalue weighted by molar-refractivity contribution is -0.171. The van der Waals surface area contributed by atoms with E-state index in [1.54, 1.807) is 87.0 Å². The highest BCUT2D eigenvalue weighted by Gasteiger charge is 2.53. The van der Waals surface area contributed by atoms with Crippen LogP contribution in [0.25, 0.3) is 0 Å². The van der Waals surface area contributed by atoms with Crippen LogP contribution in [0, 0.1) is 5.92 Å². The Morgan fingerprint density at radius 3 is 2.10 bits per heavy atom. The smallest absolute Gasteiger partial charge is 0.336 e. The number of benzene rings is 2. The van der Waals surface area contributed by atoms with Crippen LogP contribution in [0.15, 0.2) is 53.7 Å². The van der Waals surface area contributed by atoms with Gasteiger partial charge in [-0.15, -0.1) is 0 Å². The van der Waals surface area contributed by atoms with E-state index in [0.29, 0.717) is 40.7 Å². The lowest BCUT2D eigenvalue weighted by Gasteiger charge is -2.44. The monoisotopic (exact) mass is 601 g/mol. The number of hydrogen-bond donors (Lipinski definition) is 2. The zero-order valence-corrected chi connectivity index (χ0v) is 26.8. The molecule has 1 aliphatic rings. The number of methoxy groups -OCH3 is 2. The fourth-order valence-corrected chi connectivity index (χ4v) is 5.32. The maximum atomic E-state index is 13.9. The lowest BCUT2D eigenvalue weighted by Crippen LogP contribution is -2.52. The van der Waals surface area contributed by atoms with Crippen molar-refractivity contribution in [1.29, 1.82) is 0 Å². The molecule has 1 aliphatic carbocycles. The Morgan fingerprint density at radius 1 is 0.952 bits per heavy atom. The normalized spacial score (nSPS) is 21.0. The van der Waals surface area contributed by atoms with Gasteiger partial charge in [0, 0.05) is 29.6 Å². The Hall–Kier alpha value is -3.23. The maximum absolute atomic E-state index is 13.9.